The van der Waals surface area contributed by atoms with Gasteiger partial charge in [0, 0.05) is 10.8 Å². The molecule has 0 fully saturated rings. The van der Waals surface area contributed by atoms with E-state index >= 15 is 0 Å². The molecule has 0 radical (unpaired) electrons. The van der Waals surface area contributed by atoms with E-state index in [0.29, 0.717) is 0 Å². The number of hydrogen-bond acceptors (Lipinski definition) is 2. The van der Waals surface area contributed by atoms with Crippen LogP contribution < -0.4 is 10.4 Å². The molecule has 32 heavy (non-hydrogen) atoms. The van der Waals surface area contributed by atoms with Crippen molar-refractivity contribution >= 4 is 92.2 Å². The Balaban J connectivity index is 2.25. The van der Waals surface area contributed by atoms with E-state index in [1.54, 1.807) is 0 Å². The first-order valence-electron chi connectivity index (χ1n) is 11.0. The van der Waals surface area contributed by atoms with E-state index in [1.807, 2.05) is 0 Å². The Morgan fingerprint density at radius 3 is 1.38 bits per heavy atom. The molecule has 0 bridgehead atoms. The van der Waals surface area contributed by atoms with Crippen molar-refractivity contribution < 1.29 is 8.39 Å². The molecule has 5 rings (SSSR count). The Labute approximate surface area is 199 Å². The van der Waals surface area contributed by atoms with Crippen LogP contribution in [0.25, 0.3) is 43.5 Å². The van der Waals surface area contributed by atoms with Crippen molar-refractivity contribution in [3.8, 4) is 0 Å². The van der Waals surface area contributed by atoms with Crippen LogP contribution >= 0.6 is 22.2 Å². The van der Waals surface area contributed by atoms with Crippen LogP contribution in [0.2, 0.25) is 39.3 Å². The maximum absolute atomic E-state index is 6.63. The van der Waals surface area contributed by atoms with Crippen LogP contribution in [0.15, 0.2) is 69.1 Å². The molecular weight excluding hydrogens is 511 g/mol. The largest absolute Gasteiger partial charge is 0.411 e. The highest BCUT2D eigenvalue weighted by molar-refractivity contribution is 9.37. The molecule has 4 aromatic carbocycles. The Morgan fingerprint density at radius 1 is 0.625 bits per heavy atom. The molecule has 0 aliphatic carbocycles. The predicted octanol–water partition coefficient (Wildman–Crippen LogP) is 8.84. The molecule has 0 N–H and O–H groups in total. The molecule has 0 aliphatic heterocycles. The fourth-order valence-corrected chi connectivity index (χ4v) is 9.26. The second-order valence-corrected chi connectivity index (χ2v) is 23.2. The number of hydrogen-bond donors (Lipinski definition) is 0. The molecule has 0 saturated carbocycles. The molecule has 2 nitrogen and oxygen atoms in total. The highest BCUT2D eigenvalue weighted by Crippen LogP contribution is 2.43. The van der Waals surface area contributed by atoms with E-state index < -0.39 is 22.9 Å². The summed E-state index contributed by atoms with van der Waals surface area (Å²) in [4.78, 5) is 0. The fraction of sp³-hybridized carbons (Fsp3) is 0.231. The van der Waals surface area contributed by atoms with E-state index in [9.17, 15) is 0 Å². The summed E-state index contributed by atoms with van der Waals surface area (Å²) in [6, 6.07) is 22.1. The van der Waals surface area contributed by atoms with Gasteiger partial charge in [-0.1, -0.05) is 99.9 Å². The molecule has 6 heteroatoms. The third-order valence-electron chi connectivity index (χ3n) is 6.20. The van der Waals surface area contributed by atoms with Crippen LogP contribution in [0.5, 0.6) is 0 Å². The van der Waals surface area contributed by atoms with Crippen LogP contribution in [0.1, 0.15) is 0 Å². The minimum Gasteiger partial charge on any atom is -0.411 e. The maximum atomic E-state index is 6.63. The zero-order valence-corrected chi connectivity index (χ0v) is 23.9. The highest BCUT2D eigenvalue weighted by atomic mass is 79.9. The number of rotatable bonds is 2. The summed E-state index contributed by atoms with van der Waals surface area (Å²) in [5, 5.41) is 10.1. The molecule has 164 valence electrons. The molecule has 0 atom stereocenters. The number of fused-ring (bicyclic) bond motifs is 7. The Kier molecular flexibility index (Phi) is 5.25. The smallest absolute Gasteiger partial charge is 0.294 e. The topological polar surface area (TPSA) is 26.3 Å². The van der Waals surface area contributed by atoms with Crippen LogP contribution in [-0.2, 0) is 0 Å². The maximum Gasteiger partial charge on any atom is 0.294 e. The lowest BCUT2D eigenvalue weighted by molar-refractivity contribution is 0.661. The van der Waals surface area contributed by atoms with Gasteiger partial charge in [-0.25, -0.2) is 0 Å². The van der Waals surface area contributed by atoms with E-state index in [-0.39, 0.29) is 0 Å². The van der Waals surface area contributed by atoms with Crippen LogP contribution in [0.3, 0.4) is 0 Å². The summed E-state index contributed by atoms with van der Waals surface area (Å²) in [7, 11) is -3.41. The zero-order chi connectivity index (χ0) is 22.8. The van der Waals surface area contributed by atoms with Gasteiger partial charge in [0.05, 0.1) is 31.6 Å². The van der Waals surface area contributed by atoms with Gasteiger partial charge < -0.3 is 8.39 Å². The lowest BCUT2D eigenvalue weighted by Gasteiger charge is -2.20. The Hall–Kier alpha value is -1.79. The van der Waals surface area contributed by atoms with Gasteiger partial charge in [0.25, 0.3) is 6.72 Å². The van der Waals surface area contributed by atoms with Crippen molar-refractivity contribution in [2.75, 3.05) is 0 Å². The molecular formula is C26H28BrO2PSi2. The third kappa shape index (κ3) is 3.60. The monoisotopic (exact) mass is 538 g/mol. The van der Waals surface area contributed by atoms with Gasteiger partial charge in [0.15, 0.2) is 0 Å². The minimum absolute atomic E-state index is 1.00. The SMILES string of the molecule is C[Si](C)(C)c1cc2ccccc2c2c1op(Br)oc1c([Si](C)(C)C)cc3ccccc3c12. The number of halogens is 1. The van der Waals surface area contributed by atoms with Crippen molar-refractivity contribution in [1.82, 2.24) is 0 Å². The van der Waals surface area contributed by atoms with E-state index in [1.165, 1.54) is 42.7 Å². The minimum atomic E-state index is -1.70. The van der Waals surface area contributed by atoms with Crippen LogP contribution in [-0.4, -0.2) is 16.1 Å². The molecule has 1 heterocycles. The first-order valence-corrected chi connectivity index (χ1v) is 21.2. The van der Waals surface area contributed by atoms with Gasteiger partial charge >= 0.3 is 0 Å². The van der Waals surface area contributed by atoms with Crippen LogP contribution in [0.4, 0.5) is 0 Å². The van der Waals surface area contributed by atoms with E-state index in [0.717, 1.165) is 11.2 Å². The predicted molar refractivity (Wildman–Crippen MR) is 152 cm³/mol. The summed E-state index contributed by atoms with van der Waals surface area (Å²) in [5.41, 5.74) is 2.00. The van der Waals surface area contributed by atoms with Crippen molar-refractivity contribution in [3.63, 3.8) is 0 Å². The standard InChI is InChI=1S/C26H28BrO2PSi2/c1-31(2,3)21-15-17-11-7-9-13-19(17)23-24-20-14-10-8-12-18(20)16-22(32(4,5)6)26(24)29-30(27)28-25(21)23/h7-16H,1-6H3. The van der Waals surface area contributed by atoms with E-state index in [2.05, 4.69) is 115 Å². The summed E-state index contributed by atoms with van der Waals surface area (Å²) in [6.07, 6.45) is 0. The Morgan fingerprint density at radius 2 is 1.00 bits per heavy atom. The second kappa shape index (κ2) is 7.63. The van der Waals surface area contributed by atoms with Gasteiger partial charge in [-0.2, -0.15) is 0 Å². The van der Waals surface area contributed by atoms with Gasteiger partial charge in [0.2, 0.25) is 0 Å². The van der Waals surface area contributed by atoms with E-state index in [4.69, 9.17) is 8.39 Å². The summed E-state index contributed by atoms with van der Waals surface area (Å²) in [5.74, 6) is 0. The van der Waals surface area contributed by atoms with Gasteiger partial charge in [-0.3, -0.25) is 0 Å². The molecule has 0 spiro atoms. The second-order valence-electron chi connectivity index (χ2n) is 10.6. The van der Waals surface area contributed by atoms with Crippen molar-refractivity contribution in [1.29, 1.82) is 0 Å². The fourth-order valence-electron chi connectivity index (χ4n) is 4.62. The molecule has 0 amide bonds. The normalized spacial score (nSPS) is 12.8. The van der Waals surface area contributed by atoms with Gasteiger partial charge in [-0.05, 0) is 31.9 Å². The molecule has 1 aromatic heterocycles. The quantitative estimate of drug-likeness (QED) is 0.210. The lowest BCUT2D eigenvalue weighted by Crippen LogP contribution is -2.38. The third-order valence-corrected chi connectivity index (χ3v) is 11.7. The summed E-state index contributed by atoms with van der Waals surface area (Å²) in [6.45, 7) is 13.1. The first-order chi connectivity index (χ1) is 15.1. The first kappa shape index (κ1) is 22.0. The highest BCUT2D eigenvalue weighted by Gasteiger charge is 2.27. The van der Waals surface area contributed by atoms with Crippen molar-refractivity contribution in [3.05, 3.63) is 60.7 Å². The Bertz CT molecular complexity index is 1440. The summed E-state index contributed by atoms with van der Waals surface area (Å²) < 4.78 is 13.3. The summed E-state index contributed by atoms with van der Waals surface area (Å²) >= 11 is 3.76. The molecule has 5 aromatic rings. The molecule has 0 saturated heterocycles. The molecule has 0 aliphatic rings. The van der Waals surface area contributed by atoms with Crippen molar-refractivity contribution in [2.45, 2.75) is 39.3 Å². The van der Waals surface area contributed by atoms with Crippen LogP contribution in [0, 0.1) is 0 Å². The van der Waals surface area contributed by atoms with Gasteiger partial charge in [-0.15, -0.1) is 0 Å². The zero-order valence-electron chi connectivity index (χ0n) is 19.4. The van der Waals surface area contributed by atoms with Crippen molar-refractivity contribution in [2.24, 2.45) is 0 Å². The average Bonchev–Trinajstić information content (AvgIpc) is 2.87. The molecule has 0 unspecified atom stereocenters. The lowest BCUT2D eigenvalue weighted by atomic mass is 9.98. The number of benzene rings is 4. The average molecular weight is 540 g/mol. The van der Waals surface area contributed by atoms with Gasteiger partial charge in [0.1, 0.15) is 11.2 Å².